The average molecular weight is 421 g/mol. The normalized spacial score (nSPS) is 15.6. The number of nitrogens with zero attached hydrogens (tertiary/aromatic N) is 1. The maximum atomic E-state index is 14.2. The van der Waals surface area contributed by atoms with Gasteiger partial charge in [0.2, 0.25) is 5.82 Å². The molecule has 0 atom stereocenters. The second-order valence-corrected chi connectivity index (χ2v) is 7.76. The van der Waals surface area contributed by atoms with Crippen molar-refractivity contribution in [2.24, 2.45) is 5.92 Å². The number of imidazole rings is 1. The molecular formula is C22H23F4N3O. The van der Waals surface area contributed by atoms with Crippen molar-refractivity contribution in [3.63, 3.8) is 0 Å². The summed E-state index contributed by atoms with van der Waals surface area (Å²) in [6.45, 7) is 1.77. The fourth-order valence-corrected chi connectivity index (χ4v) is 3.86. The van der Waals surface area contributed by atoms with Crippen LogP contribution >= 0.6 is 0 Å². The van der Waals surface area contributed by atoms with Crippen LogP contribution < -0.4 is 10.1 Å². The van der Waals surface area contributed by atoms with Gasteiger partial charge >= 0.3 is 6.18 Å². The van der Waals surface area contributed by atoms with Crippen LogP contribution in [0.4, 0.5) is 17.6 Å². The van der Waals surface area contributed by atoms with E-state index in [0.717, 1.165) is 30.6 Å². The van der Waals surface area contributed by atoms with Gasteiger partial charge in [0.25, 0.3) is 0 Å². The molecule has 1 heterocycles. The zero-order chi connectivity index (χ0) is 21.1. The first-order valence-corrected chi connectivity index (χ1v) is 10.1. The van der Waals surface area contributed by atoms with Crippen LogP contribution in [-0.2, 0) is 12.7 Å². The van der Waals surface area contributed by atoms with E-state index in [4.69, 9.17) is 4.74 Å². The van der Waals surface area contributed by atoms with Gasteiger partial charge in [-0.15, -0.1) is 0 Å². The Morgan fingerprint density at radius 2 is 1.77 bits per heavy atom. The molecule has 4 rings (SSSR count). The lowest BCUT2D eigenvalue weighted by Gasteiger charge is -2.21. The minimum atomic E-state index is -4.67. The first kappa shape index (κ1) is 20.7. The number of hydrogen-bond donors (Lipinski definition) is 2. The Kier molecular flexibility index (Phi) is 5.94. The van der Waals surface area contributed by atoms with E-state index in [0.29, 0.717) is 5.75 Å². The Bertz CT molecular complexity index is 992. The molecule has 1 saturated carbocycles. The Morgan fingerprint density at radius 1 is 1.03 bits per heavy atom. The highest BCUT2D eigenvalue weighted by atomic mass is 19.4. The maximum Gasteiger partial charge on any atom is 0.449 e. The van der Waals surface area contributed by atoms with Crippen LogP contribution in [0.2, 0.25) is 0 Å². The van der Waals surface area contributed by atoms with Crippen molar-refractivity contribution < 1.29 is 22.3 Å². The molecule has 2 N–H and O–H groups in total. The fraction of sp³-hybridized carbons (Fsp3) is 0.409. The number of aromatic nitrogens is 2. The molecule has 1 aliphatic rings. The van der Waals surface area contributed by atoms with Gasteiger partial charge in [-0.25, -0.2) is 9.37 Å². The highest BCUT2D eigenvalue weighted by Crippen LogP contribution is 2.32. The highest BCUT2D eigenvalue weighted by Gasteiger charge is 2.35. The van der Waals surface area contributed by atoms with Gasteiger partial charge in [0.1, 0.15) is 17.0 Å². The predicted molar refractivity (Wildman–Crippen MR) is 106 cm³/mol. The third-order valence-corrected chi connectivity index (χ3v) is 5.43. The number of ether oxygens (including phenoxy) is 1. The lowest BCUT2D eigenvalue weighted by atomic mass is 9.89. The van der Waals surface area contributed by atoms with E-state index in [1.54, 1.807) is 12.1 Å². The highest BCUT2D eigenvalue weighted by molar-refractivity contribution is 5.77. The van der Waals surface area contributed by atoms with Gasteiger partial charge in [-0.05, 0) is 43.0 Å². The van der Waals surface area contributed by atoms with Crippen molar-refractivity contribution in [2.75, 3.05) is 6.54 Å². The van der Waals surface area contributed by atoms with Gasteiger partial charge in [0.05, 0.1) is 5.52 Å². The number of nitrogens with one attached hydrogen (secondary N) is 2. The molecule has 4 nitrogen and oxygen atoms in total. The van der Waals surface area contributed by atoms with Crippen molar-refractivity contribution in [1.82, 2.24) is 15.3 Å². The van der Waals surface area contributed by atoms with Crippen molar-refractivity contribution in [3.8, 4) is 11.5 Å². The van der Waals surface area contributed by atoms with Crippen molar-refractivity contribution in [2.45, 2.75) is 44.8 Å². The third-order valence-electron chi connectivity index (χ3n) is 5.43. The van der Waals surface area contributed by atoms with Gasteiger partial charge in [-0.1, -0.05) is 31.4 Å². The van der Waals surface area contributed by atoms with E-state index in [1.807, 2.05) is 17.1 Å². The Morgan fingerprint density at radius 3 is 2.47 bits per heavy atom. The molecule has 2 aromatic carbocycles. The van der Waals surface area contributed by atoms with E-state index in [2.05, 4.69) is 10.3 Å². The number of H-pyrrole nitrogens is 1. The number of halogens is 4. The standard InChI is InChI=1S/C22H23F4N3O/c23-18-10-17(11-19-20(18)29-21(28-19)22(24,25)26)30-16-8-6-15(7-9-16)13-27-12-14-4-2-1-3-5-14/h6-11,14,27H,1-5,12-13H2,(H,28,29). The van der Waals surface area contributed by atoms with E-state index in [1.165, 1.54) is 38.2 Å². The number of fused-ring (bicyclic) bond motifs is 1. The largest absolute Gasteiger partial charge is 0.457 e. The topological polar surface area (TPSA) is 49.9 Å². The fourth-order valence-electron chi connectivity index (χ4n) is 3.86. The second-order valence-electron chi connectivity index (χ2n) is 7.76. The minimum absolute atomic E-state index is 0.0865. The molecule has 3 aromatic rings. The second kappa shape index (κ2) is 8.63. The molecule has 1 aromatic heterocycles. The molecule has 1 aliphatic carbocycles. The number of benzene rings is 2. The Balaban J connectivity index is 1.38. The zero-order valence-corrected chi connectivity index (χ0v) is 16.4. The van der Waals surface area contributed by atoms with Crippen LogP contribution in [0.15, 0.2) is 36.4 Å². The lowest BCUT2D eigenvalue weighted by molar-refractivity contribution is -0.144. The van der Waals surface area contributed by atoms with E-state index in [-0.39, 0.29) is 16.8 Å². The number of hydrogen-bond acceptors (Lipinski definition) is 3. The first-order valence-electron chi connectivity index (χ1n) is 10.1. The first-order chi connectivity index (χ1) is 14.4. The summed E-state index contributed by atoms with van der Waals surface area (Å²) in [5, 5.41) is 3.49. The summed E-state index contributed by atoms with van der Waals surface area (Å²) in [5.41, 5.74) is 0.664. The zero-order valence-electron chi connectivity index (χ0n) is 16.4. The summed E-state index contributed by atoms with van der Waals surface area (Å²) < 4.78 is 58.2. The minimum Gasteiger partial charge on any atom is -0.457 e. The molecule has 1 fully saturated rings. The van der Waals surface area contributed by atoms with E-state index >= 15 is 0 Å². The molecule has 0 bridgehead atoms. The summed E-state index contributed by atoms with van der Waals surface area (Å²) in [4.78, 5) is 5.40. The van der Waals surface area contributed by atoms with Crippen LogP contribution in [-0.4, -0.2) is 16.5 Å². The number of rotatable bonds is 6. The summed E-state index contributed by atoms with van der Waals surface area (Å²) in [6, 6.07) is 9.66. The number of alkyl halides is 3. The summed E-state index contributed by atoms with van der Waals surface area (Å²) in [7, 11) is 0. The third kappa shape index (κ3) is 4.92. The van der Waals surface area contributed by atoms with Gasteiger partial charge in [-0.3, -0.25) is 0 Å². The average Bonchev–Trinajstić information content (AvgIpc) is 3.16. The Hall–Kier alpha value is -2.61. The number of aromatic amines is 1. The smallest absolute Gasteiger partial charge is 0.449 e. The summed E-state index contributed by atoms with van der Waals surface area (Å²) in [5.74, 6) is -0.779. The molecule has 0 radical (unpaired) electrons. The maximum absolute atomic E-state index is 14.2. The van der Waals surface area contributed by atoms with Gasteiger partial charge < -0.3 is 15.0 Å². The van der Waals surface area contributed by atoms with Gasteiger partial charge in [0.15, 0.2) is 5.82 Å². The molecule has 30 heavy (non-hydrogen) atoms. The van der Waals surface area contributed by atoms with Crippen LogP contribution in [0.5, 0.6) is 11.5 Å². The molecule has 0 saturated heterocycles. The van der Waals surface area contributed by atoms with Crippen LogP contribution in [0.1, 0.15) is 43.5 Å². The molecule has 0 unspecified atom stereocenters. The van der Waals surface area contributed by atoms with Crippen molar-refractivity contribution >= 4 is 11.0 Å². The quantitative estimate of drug-likeness (QED) is 0.467. The molecule has 0 spiro atoms. The predicted octanol–water partition coefficient (Wildman–Crippen LogP) is 6.18. The molecule has 8 heteroatoms. The van der Waals surface area contributed by atoms with Crippen LogP contribution in [0.25, 0.3) is 11.0 Å². The summed E-state index contributed by atoms with van der Waals surface area (Å²) in [6.07, 6.45) is 1.90. The molecule has 0 aliphatic heterocycles. The van der Waals surface area contributed by atoms with E-state index in [9.17, 15) is 17.6 Å². The van der Waals surface area contributed by atoms with Crippen molar-refractivity contribution in [1.29, 1.82) is 0 Å². The SMILES string of the molecule is Fc1cc(Oc2ccc(CNCC3CCCCC3)cc2)cc2nc(C(F)(F)F)[nH]c12. The van der Waals surface area contributed by atoms with E-state index < -0.39 is 17.8 Å². The monoisotopic (exact) mass is 421 g/mol. The Labute approximate surface area is 171 Å². The molecule has 160 valence electrons. The van der Waals surface area contributed by atoms with Crippen LogP contribution in [0.3, 0.4) is 0 Å². The lowest BCUT2D eigenvalue weighted by Crippen LogP contribution is -2.24. The molecule has 0 amide bonds. The van der Waals surface area contributed by atoms with Crippen LogP contribution in [0, 0.1) is 11.7 Å². The summed E-state index contributed by atoms with van der Waals surface area (Å²) >= 11 is 0. The van der Waals surface area contributed by atoms with Crippen molar-refractivity contribution in [3.05, 3.63) is 53.6 Å². The van der Waals surface area contributed by atoms with Gasteiger partial charge in [0, 0.05) is 18.7 Å². The van der Waals surface area contributed by atoms with Gasteiger partial charge in [-0.2, -0.15) is 13.2 Å². The molecular weight excluding hydrogens is 398 g/mol.